The van der Waals surface area contributed by atoms with Gasteiger partial charge in [0.05, 0.1) is 12.1 Å². The minimum absolute atomic E-state index is 0.121. The lowest BCUT2D eigenvalue weighted by Gasteiger charge is -2.07. The number of carboxylic acids is 1. The summed E-state index contributed by atoms with van der Waals surface area (Å²) in [5.41, 5.74) is 2.86. The highest BCUT2D eigenvalue weighted by molar-refractivity contribution is 9.10. The smallest absolute Gasteiger partial charge is 0.303 e. The van der Waals surface area contributed by atoms with E-state index in [9.17, 15) is 4.79 Å². The second-order valence-corrected chi connectivity index (χ2v) is 5.25. The average Bonchev–Trinajstić information content (AvgIpc) is 2.63. The third-order valence-corrected chi connectivity index (χ3v) is 3.80. The van der Waals surface area contributed by atoms with Gasteiger partial charge in [-0.3, -0.25) is 4.79 Å². The van der Waals surface area contributed by atoms with Gasteiger partial charge >= 0.3 is 5.97 Å². The zero-order valence-corrected chi connectivity index (χ0v) is 12.4. The number of imidazole rings is 1. The normalized spacial score (nSPS) is 10.7. The van der Waals surface area contributed by atoms with Gasteiger partial charge in [0.25, 0.3) is 0 Å². The number of hydrogen-bond acceptors (Lipinski definition) is 2. The maximum Gasteiger partial charge on any atom is 0.303 e. The van der Waals surface area contributed by atoms with Gasteiger partial charge in [-0.15, -0.1) is 0 Å². The van der Waals surface area contributed by atoms with Crippen molar-refractivity contribution in [1.29, 1.82) is 0 Å². The minimum Gasteiger partial charge on any atom is -0.481 e. The maximum atomic E-state index is 10.7. The van der Waals surface area contributed by atoms with Crippen LogP contribution in [0.5, 0.6) is 0 Å². The highest BCUT2D eigenvalue weighted by atomic mass is 79.9. The summed E-state index contributed by atoms with van der Waals surface area (Å²) >= 11 is 3.52. The molecule has 2 rings (SSSR count). The van der Waals surface area contributed by atoms with Crippen LogP contribution in [0.15, 0.2) is 28.7 Å². The van der Waals surface area contributed by atoms with Gasteiger partial charge in [-0.1, -0.05) is 34.1 Å². The Labute approximate surface area is 120 Å². The molecule has 1 aromatic carbocycles. The number of benzene rings is 1. The third-order valence-electron chi connectivity index (χ3n) is 3.10. The second kappa shape index (κ2) is 5.57. The zero-order valence-electron chi connectivity index (χ0n) is 10.9. The number of aromatic nitrogens is 2. The van der Waals surface area contributed by atoms with Crippen LogP contribution >= 0.6 is 15.9 Å². The van der Waals surface area contributed by atoms with Crippen molar-refractivity contribution in [2.75, 3.05) is 0 Å². The van der Waals surface area contributed by atoms with Gasteiger partial charge in [-0.25, -0.2) is 4.98 Å². The predicted molar refractivity (Wildman–Crippen MR) is 77.0 cm³/mol. The van der Waals surface area contributed by atoms with Gasteiger partial charge in [0.2, 0.25) is 0 Å². The number of rotatable bonds is 4. The highest BCUT2D eigenvalue weighted by Crippen LogP contribution is 2.28. The first-order chi connectivity index (χ1) is 9.00. The van der Waals surface area contributed by atoms with Crippen LogP contribution < -0.4 is 0 Å². The van der Waals surface area contributed by atoms with E-state index >= 15 is 0 Å². The zero-order chi connectivity index (χ0) is 14.0. The Balaban J connectivity index is 2.41. The maximum absolute atomic E-state index is 10.7. The number of nitrogens with zero attached hydrogens (tertiary/aromatic N) is 2. The van der Waals surface area contributed by atoms with E-state index in [1.807, 2.05) is 42.8 Å². The summed E-state index contributed by atoms with van der Waals surface area (Å²) in [4.78, 5) is 15.2. The van der Waals surface area contributed by atoms with Gasteiger partial charge in [-0.2, -0.15) is 0 Å². The van der Waals surface area contributed by atoms with Crippen molar-refractivity contribution in [3.8, 4) is 11.4 Å². The molecule has 0 spiro atoms. The monoisotopic (exact) mass is 322 g/mol. The minimum atomic E-state index is -0.789. The standard InChI is InChI=1S/C14H15BrN2O2/c1-9-12(7-8-13(18)19)17(2)14(16-9)10-5-3-4-6-11(10)15/h3-6H,7-8H2,1-2H3,(H,18,19). The summed E-state index contributed by atoms with van der Waals surface area (Å²) in [5.74, 6) is 0.0633. The molecule has 1 N–H and O–H groups in total. The van der Waals surface area contributed by atoms with Gasteiger partial charge in [0.1, 0.15) is 5.82 Å². The molecule has 0 unspecified atom stereocenters. The average molecular weight is 323 g/mol. The Hall–Kier alpha value is -1.62. The fraction of sp³-hybridized carbons (Fsp3) is 0.286. The molecule has 19 heavy (non-hydrogen) atoms. The van der Waals surface area contributed by atoms with Gasteiger partial charge in [0.15, 0.2) is 0 Å². The van der Waals surface area contributed by atoms with E-state index in [0.29, 0.717) is 6.42 Å². The van der Waals surface area contributed by atoms with Crippen LogP contribution in [-0.4, -0.2) is 20.6 Å². The van der Waals surface area contributed by atoms with Crippen molar-refractivity contribution in [2.24, 2.45) is 7.05 Å². The molecule has 0 atom stereocenters. The summed E-state index contributed by atoms with van der Waals surface area (Å²) in [6, 6.07) is 7.87. The molecule has 0 aliphatic rings. The van der Waals surface area contributed by atoms with Crippen molar-refractivity contribution < 1.29 is 9.90 Å². The Morgan fingerprint density at radius 1 is 1.42 bits per heavy atom. The molecule has 0 amide bonds. The largest absolute Gasteiger partial charge is 0.481 e. The number of carboxylic acid groups (broad SMARTS) is 1. The lowest BCUT2D eigenvalue weighted by Crippen LogP contribution is -2.04. The van der Waals surface area contributed by atoms with Crippen molar-refractivity contribution in [2.45, 2.75) is 19.8 Å². The van der Waals surface area contributed by atoms with E-state index in [1.165, 1.54) is 0 Å². The highest BCUT2D eigenvalue weighted by Gasteiger charge is 2.15. The molecule has 2 aromatic rings. The Morgan fingerprint density at radius 2 is 2.11 bits per heavy atom. The second-order valence-electron chi connectivity index (χ2n) is 4.40. The van der Waals surface area contributed by atoms with Crippen LogP contribution in [-0.2, 0) is 18.3 Å². The van der Waals surface area contributed by atoms with Gasteiger partial charge in [-0.05, 0) is 19.4 Å². The van der Waals surface area contributed by atoms with Crippen LogP contribution in [0.4, 0.5) is 0 Å². The topological polar surface area (TPSA) is 55.1 Å². The van der Waals surface area contributed by atoms with Crippen molar-refractivity contribution in [3.05, 3.63) is 40.1 Å². The molecule has 1 heterocycles. The molecule has 0 radical (unpaired) electrons. The Kier molecular flexibility index (Phi) is 4.04. The van der Waals surface area contributed by atoms with E-state index in [-0.39, 0.29) is 6.42 Å². The van der Waals surface area contributed by atoms with Crippen LogP contribution in [0.2, 0.25) is 0 Å². The molecular formula is C14H15BrN2O2. The molecule has 0 bridgehead atoms. The molecule has 0 saturated carbocycles. The first kappa shape index (κ1) is 13.8. The quantitative estimate of drug-likeness (QED) is 0.940. The van der Waals surface area contributed by atoms with Gasteiger partial charge < -0.3 is 9.67 Å². The van der Waals surface area contributed by atoms with Crippen molar-refractivity contribution in [3.63, 3.8) is 0 Å². The van der Waals surface area contributed by atoms with E-state index in [0.717, 1.165) is 27.2 Å². The van der Waals surface area contributed by atoms with Crippen molar-refractivity contribution in [1.82, 2.24) is 9.55 Å². The molecule has 0 aliphatic carbocycles. The van der Waals surface area contributed by atoms with Crippen molar-refractivity contribution >= 4 is 21.9 Å². The van der Waals surface area contributed by atoms with Crippen LogP contribution in [0.25, 0.3) is 11.4 Å². The van der Waals surface area contributed by atoms with Crippen LogP contribution in [0.1, 0.15) is 17.8 Å². The van der Waals surface area contributed by atoms with E-state index in [4.69, 9.17) is 5.11 Å². The van der Waals surface area contributed by atoms with E-state index in [2.05, 4.69) is 20.9 Å². The third kappa shape index (κ3) is 2.87. The predicted octanol–water partition coefficient (Wildman–Crippen LogP) is 3.18. The molecule has 0 saturated heterocycles. The van der Waals surface area contributed by atoms with Gasteiger partial charge in [0, 0.05) is 22.8 Å². The molecule has 5 heteroatoms. The number of aliphatic carboxylic acids is 1. The van der Waals surface area contributed by atoms with Crippen LogP contribution in [0, 0.1) is 6.92 Å². The Morgan fingerprint density at radius 3 is 2.74 bits per heavy atom. The summed E-state index contributed by atoms with van der Waals surface area (Å²) < 4.78 is 2.95. The summed E-state index contributed by atoms with van der Waals surface area (Å²) in [6.45, 7) is 1.91. The van der Waals surface area contributed by atoms with Crippen LogP contribution in [0.3, 0.4) is 0 Å². The lowest BCUT2D eigenvalue weighted by atomic mass is 10.2. The summed E-state index contributed by atoms with van der Waals surface area (Å²) in [7, 11) is 1.92. The fourth-order valence-corrected chi connectivity index (χ4v) is 2.59. The molecule has 1 aromatic heterocycles. The number of aryl methyl sites for hydroxylation is 1. The first-order valence-corrected chi connectivity index (χ1v) is 6.79. The summed E-state index contributed by atoms with van der Waals surface area (Å²) in [6.07, 6.45) is 0.616. The fourth-order valence-electron chi connectivity index (χ4n) is 2.13. The molecular weight excluding hydrogens is 308 g/mol. The number of halogens is 1. The lowest BCUT2D eigenvalue weighted by molar-refractivity contribution is -0.136. The number of carbonyl (C=O) groups is 1. The molecule has 100 valence electrons. The number of hydrogen-bond donors (Lipinski definition) is 1. The molecule has 0 fully saturated rings. The first-order valence-electron chi connectivity index (χ1n) is 5.99. The van der Waals surface area contributed by atoms with E-state index < -0.39 is 5.97 Å². The molecule has 4 nitrogen and oxygen atoms in total. The SMILES string of the molecule is Cc1nc(-c2ccccc2Br)n(C)c1CCC(=O)O. The van der Waals surface area contributed by atoms with E-state index in [1.54, 1.807) is 0 Å². The Bertz CT molecular complexity index is 620. The summed E-state index contributed by atoms with van der Waals surface area (Å²) in [5, 5.41) is 8.79. The molecule has 0 aliphatic heterocycles.